The fourth-order valence-corrected chi connectivity index (χ4v) is 6.37. The summed E-state index contributed by atoms with van der Waals surface area (Å²) in [6.07, 6.45) is 4.24. The Bertz CT molecular complexity index is 1190. The fraction of sp³-hybridized carbons (Fsp3) is 0.394. The average Bonchev–Trinajstić information content (AvgIpc) is 3.56. The molecule has 2 saturated heterocycles. The number of rotatable bonds is 8. The zero-order valence-corrected chi connectivity index (χ0v) is 22.0. The number of likely N-dealkylation sites (tertiary alicyclic amines) is 2. The van der Waals surface area contributed by atoms with Gasteiger partial charge in [-0.3, -0.25) is 4.90 Å². The first-order chi connectivity index (χ1) is 18.7. The predicted molar refractivity (Wildman–Crippen MR) is 149 cm³/mol. The van der Waals surface area contributed by atoms with Gasteiger partial charge < -0.3 is 19.5 Å². The van der Waals surface area contributed by atoms with E-state index < -0.39 is 11.9 Å². The van der Waals surface area contributed by atoms with Crippen LogP contribution in [0.2, 0.25) is 0 Å². The van der Waals surface area contributed by atoms with E-state index in [9.17, 15) is 5.11 Å². The highest BCUT2D eigenvalue weighted by Gasteiger charge is 2.51. The minimum atomic E-state index is -1.07. The van der Waals surface area contributed by atoms with Crippen molar-refractivity contribution in [3.05, 3.63) is 120 Å². The van der Waals surface area contributed by atoms with Gasteiger partial charge in [-0.15, -0.1) is 0 Å². The molecule has 3 aliphatic rings. The molecule has 3 aromatic rings. The van der Waals surface area contributed by atoms with Crippen LogP contribution in [0, 0.1) is 5.92 Å². The Labute approximate surface area is 226 Å². The maximum absolute atomic E-state index is 12.2. The standard InChI is InChI=1S/C33H38N2O3/c36-33(31-24-37-32(38-31)20-26-10-4-1-5-11-26)25-35(21-27-12-6-2-7-13-27)23-30(33)22-34-18-16-29(17-19-34)28-14-8-3-9-15-28/h1-15,24,29-30,32,36H,16-23,25H2. The second-order valence-electron chi connectivity index (χ2n) is 11.1. The molecule has 5 nitrogen and oxygen atoms in total. The molecule has 0 saturated carbocycles. The number of benzene rings is 3. The van der Waals surface area contributed by atoms with Crippen molar-refractivity contribution in [3.8, 4) is 0 Å². The highest BCUT2D eigenvalue weighted by Crippen LogP contribution is 2.40. The Morgan fingerprint density at radius 3 is 2.11 bits per heavy atom. The highest BCUT2D eigenvalue weighted by molar-refractivity contribution is 5.23. The molecule has 5 heteroatoms. The molecule has 3 aliphatic heterocycles. The van der Waals surface area contributed by atoms with Gasteiger partial charge in [0.15, 0.2) is 5.76 Å². The Hall–Kier alpha value is -3.12. The van der Waals surface area contributed by atoms with Crippen LogP contribution in [0.1, 0.15) is 35.4 Å². The summed E-state index contributed by atoms with van der Waals surface area (Å²) in [4.78, 5) is 4.91. The van der Waals surface area contributed by atoms with Gasteiger partial charge in [0.1, 0.15) is 11.9 Å². The maximum atomic E-state index is 12.2. The molecular formula is C33H38N2O3. The molecular weight excluding hydrogens is 472 g/mol. The van der Waals surface area contributed by atoms with Crippen molar-refractivity contribution >= 4 is 0 Å². The molecule has 0 radical (unpaired) electrons. The summed E-state index contributed by atoms with van der Waals surface area (Å²) >= 11 is 0. The van der Waals surface area contributed by atoms with Gasteiger partial charge in [0.2, 0.25) is 6.29 Å². The van der Waals surface area contributed by atoms with Crippen LogP contribution in [0.4, 0.5) is 0 Å². The minimum absolute atomic E-state index is 0.0461. The summed E-state index contributed by atoms with van der Waals surface area (Å²) < 4.78 is 12.2. The molecule has 0 aliphatic carbocycles. The second-order valence-corrected chi connectivity index (χ2v) is 11.1. The van der Waals surface area contributed by atoms with Crippen LogP contribution < -0.4 is 0 Å². The third-order valence-electron chi connectivity index (χ3n) is 8.46. The molecule has 3 atom stereocenters. The SMILES string of the molecule is OC1(C2=COC(Cc3ccccc3)O2)CN(Cc2ccccc2)CC1CN1CCC(c2ccccc2)CC1. The zero-order valence-electron chi connectivity index (χ0n) is 22.0. The monoisotopic (exact) mass is 510 g/mol. The van der Waals surface area contributed by atoms with E-state index >= 15 is 0 Å². The zero-order chi connectivity index (χ0) is 25.8. The van der Waals surface area contributed by atoms with Crippen LogP contribution in [0.15, 0.2) is 103 Å². The predicted octanol–water partition coefficient (Wildman–Crippen LogP) is 5.19. The van der Waals surface area contributed by atoms with Crippen molar-refractivity contribution in [1.29, 1.82) is 0 Å². The van der Waals surface area contributed by atoms with Crippen LogP contribution in [0.3, 0.4) is 0 Å². The Morgan fingerprint density at radius 1 is 0.789 bits per heavy atom. The van der Waals surface area contributed by atoms with E-state index in [4.69, 9.17) is 9.47 Å². The topological polar surface area (TPSA) is 45.2 Å². The number of aliphatic hydroxyl groups is 1. The summed E-state index contributed by atoms with van der Waals surface area (Å²) in [6, 6.07) is 31.7. The first-order valence-corrected chi connectivity index (χ1v) is 14.0. The lowest BCUT2D eigenvalue weighted by Crippen LogP contribution is -2.47. The van der Waals surface area contributed by atoms with E-state index in [1.807, 2.05) is 24.3 Å². The molecule has 198 valence electrons. The fourth-order valence-electron chi connectivity index (χ4n) is 6.37. The lowest BCUT2D eigenvalue weighted by molar-refractivity contribution is -0.0750. The molecule has 3 heterocycles. The summed E-state index contributed by atoms with van der Waals surface area (Å²) in [5.41, 5.74) is 2.80. The van der Waals surface area contributed by atoms with Crippen LogP contribution in [-0.2, 0) is 22.4 Å². The molecule has 0 bridgehead atoms. The van der Waals surface area contributed by atoms with Crippen molar-refractivity contribution in [2.75, 3.05) is 32.7 Å². The molecule has 3 unspecified atom stereocenters. The molecule has 0 spiro atoms. The van der Waals surface area contributed by atoms with Gasteiger partial charge in [-0.05, 0) is 48.5 Å². The number of nitrogens with zero attached hydrogens (tertiary/aromatic N) is 2. The van der Waals surface area contributed by atoms with E-state index in [1.54, 1.807) is 6.26 Å². The normalized spacial score (nSPS) is 26.6. The van der Waals surface area contributed by atoms with Crippen LogP contribution >= 0.6 is 0 Å². The third-order valence-corrected chi connectivity index (χ3v) is 8.46. The average molecular weight is 511 g/mol. The minimum Gasteiger partial charge on any atom is -0.459 e. The smallest absolute Gasteiger partial charge is 0.244 e. The third kappa shape index (κ3) is 5.65. The lowest BCUT2D eigenvalue weighted by atomic mass is 9.86. The first-order valence-electron chi connectivity index (χ1n) is 14.0. The number of piperidine rings is 1. The Morgan fingerprint density at radius 2 is 1.42 bits per heavy atom. The van der Waals surface area contributed by atoms with Crippen LogP contribution in [0.25, 0.3) is 0 Å². The second kappa shape index (κ2) is 11.3. The van der Waals surface area contributed by atoms with Gasteiger partial charge in [-0.25, -0.2) is 0 Å². The number of β-amino-alcohol motifs (C(OH)–C–C–N with tert-alkyl or cyclic N) is 1. The van der Waals surface area contributed by atoms with E-state index in [2.05, 4.69) is 76.5 Å². The number of hydrogen-bond acceptors (Lipinski definition) is 5. The molecule has 38 heavy (non-hydrogen) atoms. The van der Waals surface area contributed by atoms with Gasteiger partial charge in [-0.2, -0.15) is 0 Å². The summed E-state index contributed by atoms with van der Waals surface area (Å²) in [5, 5.41) is 12.2. The molecule has 6 rings (SSSR count). The van der Waals surface area contributed by atoms with Crippen LogP contribution in [0.5, 0.6) is 0 Å². The van der Waals surface area contributed by atoms with Crippen molar-refractivity contribution in [1.82, 2.24) is 9.80 Å². The Balaban J connectivity index is 1.14. The molecule has 1 N–H and O–H groups in total. The maximum Gasteiger partial charge on any atom is 0.244 e. The molecule has 0 aromatic heterocycles. The van der Waals surface area contributed by atoms with Gasteiger partial charge in [0.05, 0.1) is 0 Å². The number of ether oxygens (including phenoxy) is 2. The first kappa shape index (κ1) is 25.2. The highest BCUT2D eigenvalue weighted by atomic mass is 16.7. The van der Waals surface area contributed by atoms with E-state index in [0.717, 1.165) is 51.1 Å². The molecule has 3 aromatic carbocycles. The van der Waals surface area contributed by atoms with E-state index in [-0.39, 0.29) is 5.92 Å². The quantitative estimate of drug-likeness (QED) is 0.452. The van der Waals surface area contributed by atoms with Gasteiger partial charge in [-0.1, -0.05) is 91.0 Å². The van der Waals surface area contributed by atoms with Crippen molar-refractivity contribution in [2.24, 2.45) is 5.92 Å². The molecule has 2 fully saturated rings. The van der Waals surface area contributed by atoms with Gasteiger partial charge in [0, 0.05) is 38.5 Å². The van der Waals surface area contributed by atoms with E-state index in [0.29, 0.717) is 24.6 Å². The summed E-state index contributed by atoms with van der Waals surface area (Å²) in [5.74, 6) is 1.25. The van der Waals surface area contributed by atoms with Gasteiger partial charge >= 0.3 is 0 Å². The van der Waals surface area contributed by atoms with Crippen LogP contribution in [-0.4, -0.2) is 59.5 Å². The van der Waals surface area contributed by atoms with Crippen molar-refractivity contribution < 1.29 is 14.6 Å². The summed E-state index contributed by atoms with van der Waals surface area (Å²) in [6.45, 7) is 5.15. The lowest BCUT2D eigenvalue weighted by Gasteiger charge is -2.37. The number of hydrogen-bond donors (Lipinski definition) is 1. The molecule has 0 amide bonds. The van der Waals surface area contributed by atoms with Crippen molar-refractivity contribution in [2.45, 2.75) is 43.6 Å². The van der Waals surface area contributed by atoms with Gasteiger partial charge in [0.25, 0.3) is 0 Å². The van der Waals surface area contributed by atoms with Crippen molar-refractivity contribution in [3.63, 3.8) is 0 Å². The Kier molecular flexibility index (Phi) is 7.50. The largest absolute Gasteiger partial charge is 0.459 e. The van der Waals surface area contributed by atoms with E-state index in [1.165, 1.54) is 11.1 Å². The summed E-state index contributed by atoms with van der Waals surface area (Å²) in [7, 11) is 0.